The SMILES string of the molecule is CN(CCOc1ccc(C=O)cc1)c1cc(Oc2ccc(-c3ccccc3)cc2)ncn1. The molecule has 4 aromatic rings. The van der Waals surface area contributed by atoms with Gasteiger partial charge in [0.2, 0.25) is 5.88 Å². The summed E-state index contributed by atoms with van der Waals surface area (Å²) in [6, 6.07) is 26.9. The normalized spacial score (nSPS) is 10.4. The zero-order chi connectivity index (χ0) is 22.2. The summed E-state index contributed by atoms with van der Waals surface area (Å²) in [6.07, 6.45) is 2.29. The first-order valence-electron chi connectivity index (χ1n) is 10.3. The molecule has 0 saturated heterocycles. The Kier molecular flexibility index (Phi) is 6.72. The molecule has 6 nitrogen and oxygen atoms in total. The third-order valence-electron chi connectivity index (χ3n) is 4.91. The van der Waals surface area contributed by atoms with Crippen molar-refractivity contribution in [3.8, 4) is 28.5 Å². The Labute approximate surface area is 187 Å². The zero-order valence-corrected chi connectivity index (χ0v) is 17.7. The molecule has 4 rings (SSSR count). The van der Waals surface area contributed by atoms with Gasteiger partial charge in [-0.3, -0.25) is 4.79 Å². The van der Waals surface area contributed by atoms with E-state index in [1.807, 2.05) is 54.4 Å². The highest BCUT2D eigenvalue weighted by Gasteiger charge is 2.07. The Hall–Kier alpha value is -4.19. The van der Waals surface area contributed by atoms with E-state index in [0.29, 0.717) is 30.3 Å². The van der Waals surface area contributed by atoms with E-state index in [9.17, 15) is 4.79 Å². The van der Waals surface area contributed by atoms with E-state index in [1.54, 1.807) is 30.3 Å². The Morgan fingerprint density at radius 1 is 0.844 bits per heavy atom. The molecule has 160 valence electrons. The monoisotopic (exact) mass is 425 g/mol. The average molecular weight is 425 g/mol. The lowest BCUT2D eigenvalue weighted by molar-refractivity contribution is 0.112. The number of carbonyl (C=O) groups is 1. The molecular formula is C26H23N3O3. The van der Waals surface area contributed by atoms with Gasteiger partial charge in [-0.25, -0.2) is 9.97 Å². The summed E-state index contributed by atoms with van der Waals surface area (Å²) in [7, 11) is 1.93. The minimum atomic E-state index is 0.470. The Morgan fingerprint density at radius 2 is 1.53 bits per heavy atom. The zero-order valence-electron chi connectivity index (χ0n) is 17.7. The smallest absolute Gasteiger partial charge is 0.224 e. The number of carbonyl (C=O) groups excluding carboxylic acids is 1. The highest BCUT2D eigenvalue weighted by atomic mass is 16.5. The van der Waals surface area contributed by atoms with Crippen LogP contribution in [0.5, 0.6) is 17.4 Å². The number of ether oxygens (including phenoxy) is 2. The minimum absolute atomic E-state index is 0.470. The number of anilines is 1. The number of nitrogens with zero attached hydrogens (tertiary/aromatic N) is 3. The molecule has 0 atom stereocenters. The Morgan fingerprint density at radius 3 is 2.25 bits per heavy atom. The van der Waals surface area contributed by atoms with Crippen LogP contribution >= 0.6 is 0 Å². The summed E-state index contributed by atoms with van der Waals surface area (Å²) in [5.74, 6) is 2.63. The first-order chi connectivity index (χ1) is 15.7. The fraction of sp³-hybridized carbons (Fsp3) is 0.115. The maximum atomic E-state index is 10.7. The topological polar surface area (TPSA) is 64.5 Å². The van der Waals surface area contributed by atoms with Crippen molar-refractivity contribution in [1.29, 1.82) is 0 Å². The number of hydrogen-bond acceptors (Lipinski definition) is 6. The molecule has 0 spiro atoms. The summed E-state index contributed by atoms with van der Waals surface area (Å²) >= 11 is 0. The maximum absolute atomic E-state index is 10.7. The molecule has 0 aliphatic carbocycles. The van der Waals surface area contributed by atoms with E-state index in [4.69, 9.17) is 9.47 Å². The molecule has 0 N–H and O–H groups in total. The van der Waals surface area contributed by atoms with Crippen LogP contribution in [0.2, 0.25) is 0 Å². The second-order valence-corrected chi connectivity index (χ2v) is 7.16. The van der Waals surface area contributed by atoms with E-state index in [-0.39, 0.29) is 0 Å². The van der Waals surface area contributed by atoms with Gasteiger partial charge in [0.25, 0.3) is 0 Å². The van der Waals surface area contributed by atoms with Gasteiger partial charge in [-0.1, -0.05) is 42.5 Å². The van der Waals surface area contributed by atoms with Crippen molar-refractivity contribution in [1.82, 2.24) is 9.97 Å². The van der Waals surface area contributed by atoms with Gasteiger partial charge in [0.1, 0.15) is 36.5 Å². The van der Waals surface area contributed by atoms with Crippen LogP contribution in [0, 0.1) is 0 Å². The standard InChI is InChI=1S/C26H23N3O3/c1-29(15-16-31-23-11-7-20(18-30)8-12-23)25-17-26(28-19-27-25)32-24-13-9-22(10-14-24)21-5-3-2-4-6-21/h2-14,17-19H,15-16H2,1H3. The molecule has 0 saturated carbocycles. The molecule has 32 heavy (non-hydrogen) atoms. The van der Waals surface area contributed by atoms with Crippen molar-refractivity contribution in [2.45, 2.75) is 0 Å². The van der Waals surface area contributed by atoms with E-state index in [2.05, 4.69) is 22.1 Å². The van der Waals surface area contributed by atoms with E-state index in [0.717, 1.165) is 29.0 Å². The van der Waals surface area contributed by atoms with Gasteiger partial charge in [0.15, 0.2) is 0 Å². The van der Waals surface area contributed by atoms with E-state index < -0.39 is 0 Å². The van der Waals surface area contributed by atoms with Gasteiger partial charge in [0, 0.05) is 18.7 Å². The largest absolute Gasteiger partial charge is 0.492 e. The second kappa shape index (κ2) is 10.2. The molecule has 0 aliphatic rings. The first kappa shape index (κ1) is 21.1. The second-order valence-electron chi connectivity index (χ2n) is 7.16. The lowest BCUT2D eigenvalue weighted by Gasteiger charge is -2.18. The maximum Gasteiger partial charge on any atom is 0.224 e. The van der Waals surface area contributed by atoms with Gasteiger partial charge in [-0.05, 0) is 47.5 Å². The van der Waals surface area contributed by atoms with Crippen molar-refractivity contribution < 1.29 is 14.3 Å². The number of aldehydes is 1. The van der Waals surface area contributed by atoms with Gasteiger partial charge in [-0.2, -0.15) is 0 Å². The van der Waals surface area contributed by atoms with Gasteiger partial charge < -0.3 is 14.4 Å². The summed E-state index contributed by atoms with van der Waals surface area (Å²) < 4.78 is 11.7. The quantitative estimate of drug-likeness (QED) is 0.341. The minimum Gasteiger partial charge on any atom is -0.492 e. The predicted molar refractivity (Wildman–Crippen MR) is 125 cm³/mol. The Balaban J connectivity index is 1.33. The molecule has 0 bridgehead atoms. The molecular weight excluding hydrogens is 402 g/mol. The highest BCUT2D eigenvalue weighted by Crippen LogP contribution is 2.26. The van der Waals surface area contributed by atoms with Crippen LogP contribution in [-0.2, 0) is 0 Å². The third-order valence-corrected chi connectivity index (χ3v) is 4.91. The summed E-state index contributed by atoms with van der Waals surface area (Å²) in [6.45, 7) is 1.09. The van der Waals surface area contributed by atoms with Crippen LogP contribution < -0.4 is 14.4 Å². The summed E-state index contributed by atoms with van der Waals surface area (Å²) in [5, 5.41) is 0. The van der Waals surface area contributed by atoms with Crippen molar-refractivity contribution >= 4 is 12.1 Å². The summed E-state index contributed by atoms with van der Waals surface area (Å²) in [5.41, 5.74) is 2.91. The van der Waals surface area contributed by atoms with Crippen LogP contribution in [0.1, 0.15) is 10.4 Å². The number of aromatic nitrogens is 2. The fourth-order valence-corrected chi connectivity index (χ4v) is 3.12. The van der Waals surface area contributed by atoms with Crippen LogP contribution in [-0.4, -0.2) is 36.5 Å². The number of hydrogen-bond donors (Lipinski definition) is 0. The molecule has 0 fully saturated rings. The van der Waals surface area contributed by atoms with Crippen molar-refractivity contribution in [3.63, 3.8) is 0 Å². The van der Waals surface area contributed by atoms with Gasteiger partial charge >= 0.3 is 0 Å². The van der Waals surface area contributed by atoms with Gasteiger partial charge in [0.05, 0.1) is 6.54 Å². The van der Waals surface area contributed by atoms with E-state index in [1.165, 1.54) is 6.33 Å². The number of rotatable bonds is 9. The molecule has 6 heteroatoms. The molecule has 0 aliphatic heterocycles. The van der Waals surface area contributed by atoms with Crippen LogP contribution in [0.25, 0.3) is 11.1 Å². The van der Waals surface area contributed by atoms with Crippen molar-refractivity contribution in [2.24, 2.45) is 0 Å². The molecule has 1 heterocycles. The first-order valence-corrected chi connectivity index (χ1v) is 10.3. The lowest BCUT2D eigenvalue weighted by atomic mass is 10.1. The Bertz CT molecular complexity index is 1150. The molecule has 0 radical (unpaired) electrons. The van der Waals surface area contributed by atoms with Crippen LogP contribution in [0.4, 0.5) is 5.82 Å². The van der Waals surface area contributed by atoms with Crippen molar-refractivity contribution in [3.05, 3.63) is 96.8 Å². The van der Waals surface area contributed by atoms with Crippen LogP contribution in [0.3, 0.4) is 0 Å². The molecule has 0 amide bonds. The van der Waals surface area contributed by atoms with Gasteiger partial charge in [-0.15, -0.1) is 0 Å². The highest BCUT2D eigenvalue weighted by molar-refractivity contribution is 5.74. The lowest BCUT2D eigenvalue weighted by Crippen LogP contribution is -2.24. The molecule has 1 aromatic heterocycles. The fourth-order valence-electron chi connectivity index (χ4n) is 3.12. The summed E-state index contributed by atoms with van der Waals surface area (Å²) in [4.78, 5) is 21.2. The number of likely N-dealkylation sites (N-methyl/N-ethyl adjacent to an activating group) is 1. The van der Waals surface area contributed by atoms with Crippen molar-refractivity contribution in [2.75, 3.05) is 25.1 Å². The van der Waals surface area contributed by atoms with Crippen LogP contribution in [0.15, 0.2) is 91.3 Å². The molecule has 3 aromatic carbocycles. The predicted octanol–water partition coefficient (Wildman–Crippen LogP) is 5.26. The average Bonchev–Trinajstić information content (AvgIpc) is 2.85. The third kappa shape index (κ3) is 5.49. The van der Waals surface area contributed by atoms with E-state index >= 15 is 0 Å². The molecule has 0 unspecified atom stereocenters. The number of benzene rings is 3.